The van der Waals surface area contributed by atoms with Crippen LogP contribution in [0.1, 0.15) is 0 Å². The topological polar surface area (TPSA) is 93.0 Å². The Hall–Kier alpha value is -4.00. The van der Waals surface area contributed by atoms with E-state index < -0.39 is 10.5 Å². The zero-order valence-corrected chi connectivity index (χ0v) is 13.9. The molecule has 0 saturated heterocycles. The third-order valence-electron chi connectivity index (χ3n) is 4.68. The first-order valence-electron chi connectivity index (χ1n) is 8.25. The van der Waals surface area contributed by atoms with Gasteiger partial charge in [0.25, 0.3) is 5.69 Å². The molecule has 0 fully saturated rings. The quantitative estimate of drug-likeness (QED) is 0.296. The molecule has 1 N–H and O–H groups in total. The normalized spacial score (nSPS) is 11.4. The third-order valence-corrected chi connectivity index (χ3v) is 4.68. The second-order valence-electron chi connectivity index (χ2n) is 6.19. The minimum absolute atomic E-state index is 0.00858. The van der Waals surface area contributed by atoms with E-state index in [1.807, 2.05) is 28.8 Å². The van der Waals surface area contributed by atoms with Crippen molar-refractivity contribution in [1.82, 2.24) is 4.98 Å². The summed E-state index contributed by atoms with van der Waals surface area (Å²) in [6.45, 7) is 0. The number of benzene rings is 2. The van der Waals surface area contributed by atoms with Crippen molar-refractivity contribution in [2.75, 3.05) is 0 Å². The molecule has 3 aromatic heterocycles. The molecule has 7 heteroatoms. The van der Waals surface area contributed by atoms with E-state index in [-0.39, 0.29) is 5.69 Å². The third kappa shape index (κ3) is 2.22. The van der Waals surface area contributed by atoms with Gasteiger partial charge in [-0.25, -0.2) is 4.79 Å². The summed E-state index contributed by atoms with van der Waals surface area (Å²) in [6.07, 6.45) is 1.35. The second-order valence-corrected chi connectivity index (χ2v) is 6.19. The van der Waals surface area contributed by atoms with E-state index in [4.69, 9.17) is 4.42 Å². The number of H-pyrrole nitrogens is 1. The smallest absolute Gasteiger partial charge is 0.349 e. The first-order valence-corrected chi connectivity index (χ1v) is 8.25. The highest BCUT2D eigenvalue weighted by Gasteiger charge is 2.24. The lowest BCUT2D eigenvalue weighted by atomic mass is 10.1. The number of hydrogen-bond donors (Lipinski definition) is 1. The summed E-state index contributed by atoms with van der Waals surface area (Å²) in [5.74, 6) is 0. The van der Waals surface area contributed by atoms with E-state index in [0.717, 1.165) is 21.9 Å². The average Bonchev–Trinajstić information content (AvgIpc) is 3.05. The van der Waals surface area contributed by atoms with Crippen LogP contribution in [0.25, 0.3) is 38.5 Å². The molecule has 5 rings (SSSR count). The minimum Gasteiger partial charge on any atom is -0.430 e. The molecule has 0 bridgehead atoms. The molecule has 0 aliphatic rings. The van der Waals surface area contributed by atoms with Gasteiger partial charge in [-0.1, -0.05) is 12.1 Å². The predicted octanol–water partition coefficient (Wildman–Crippen LogP) is 3.61. The molecule has 27 heavy (non-hydrogen) atoms. The Bertz CT molecular complexity index is 1410. The number of nitro groups is 1. The highest BCUT2D eigenvalue weighted by atomic mass is 16.6. The van der Waals surface area contributed by atoms with Crippen molar-refractivity contribution < 1.29 is 13.9 Å². The highest BCUT2D eigenvalue weighted by Crippen LogP contribution is 2.26. The lowest BCUT2D eigenvalue weighted by Crippen LogP contribution is -2.33. The Balaban J connectivity index is 1.98. The molecule has 3 heterocycles. The lowest BCUT2D eigenvalue weighted by molar-refractivity contribution is -0.537. The highest BCUT2D eigenvalue weighted by molar-refractivity contribution is 6.05. The molecule has 0 spiro atoms. The maximum Gasteiger partial charge on any atom is 0.349 e. The largest absolute Gasteiger partial charge is 0.430 e. The van der Waals surface area contributed by atoms with Crippen LogP contribution in [0, 0.1) is 10.1 Å². The fourth-order valence-electron chi connectivity index (χ4n) is 3.50. The number of non-ortho nitro benzene ring substituents is 1. The summed E-state index contributed by atoms with van der Waals surface area (Å²) in [6, 6.07) is 17.6. The van der Waals surface area contributed by atoms with Crippen LogP contribution in [0.5, 0.6) is 0 Å². The Morgan fingerprint density at radius 2 is 1.74 bits per heavy atom. The average molecular weight is 358 g/mol. The SMILES string of the molecule is O=c1occc2c1cc1[nH]c3ccccc3c1[n+]2-c1ccc([N+](=O)[O-])cc1. The Morgan fingerprint density at radius 1 is 0.963 bits per heavy atom. The van der Waals surface area contributed by atoms with Crippen molar-refractivity contribution >= 4 is 38.5 Å². The van der Waals surface area contributed by atoms with Crippen molar-refractivity contribution in [2.24, 2.45) is 0 Å². The summed E-state index contributed by atoms with van der Waals surface area (Å²) in [4.78, 5) is 26.2. The number of aromatic nitrogens is 2. The maximum atomic E-state index is 12.3. The maximum absolute atomic E-state index is 12.3. The van der Waals surface area contributed by atoms with Crippen LogP contribution >= 0.6 is 0 Å². The fourth-order valence-corrected chi connectivity index (χ4v) is 3.50. The minimum atomic E-state index is -0.441. The zero-order chi connectivity index (χ0) is 18.5. The molecular weight excluding hydrogens is 346 g/mol. The van der Waals surface area contributed by atoms with Crippen molar-refractivity contribution in [2.45, 2.75) is 0 Å². The predicted molar refractivity (Wildman–Crippen MR) is 100 cm³/mol. The van der Waals surface area contributed by atoms with Gasteiger partial charge in [0.15, 0.2) is 0 Å². The summed E-state index contributed by atoms with van der Waals surface area (Å²) < 4.78 is 6.95. The Morgan fingerprint density at radius 3 is 2.52 bits per heavy atom. The number of pyridine rings is 1. The first-order chi connectivity index (χ1) is 13.1. The number of rotatable bonds is 2. The summed E-state index contributed by atoms with van der Waals surface area (Å²) in [7, 11) is 0. The van der Waals surface area contributed by atoms with E-state index >= 15 is 0 Å². The van der Waals surface area contributed by atoms with Gasteiger partial charge in [-0.2, -0.15) is 4.57 Å². The monoisotopic (exact) mass is 358 g/mol. The first kappa shape index (κ1) is 15.3. The van der Waals surface area contributed by atoms with Gasteiger partial charge in [-0.05, 0) is 18.2 Å². The Labute approximate surface area is 151 Å². The van der Waals surface area contributed by atoms with Crippen LogP contribution in [0.3, 0.4) is 0 Å². The van der Waals surface area contributed by atoms with Crippen molar-refractivity contribution in [1.29, 1.82) is 0 Å². The standard InChI is InChI=1S/C20H11N3O4/c24-20-15-11-17-19(14-3-1-2-4-16(14)21-17)22(18(15)9-10-27-20)12-5-7-13(8-6-12)23(25)26/h1-11H/p+1. The molecule has 0 atom stereocenters. The molecule has 0 radical (unpaired) electrons. The van der Waals surface area contributed by atoms with Gasteiger partial charge in [0.2, 0.25) is 16.7 Å². The molecule has 0 saturated carbocycles. The molecule has 2 aromatic carbocycles. The molecule has 0 aliphatic heterocycles. The van der Waals surface area contributed by atoms with Gasteiger partial charge in [0.05, 0.1) is 15.8 Å². The van der Waals surface area contributed by atoms with Gasteiger partial charge >= 0.3 is 5.63 Å². The number of hydrogen-bond acceptors (Lipinski definition) is 4. The summed E-state index contributed by atoms with van der Waals surface area (Å²) >= 11 is 0. The van der Waals surface area contributed by atoms with Gasteiger partial charge in [-0.3, -0.25) is 10.1 Å². The molecule has 7 nitrogen and oxygen atoms in total. The van der Waals surface area contributed by atoms with E-state index in [0.29, 0.717) is 16.6 Å². The molecule has 0 aliphatic carbocycles. The van der Waals surface area contributed by atoms with Crippen LogP contribution in [-0.2, 0) is 0 Å². The van der Waals surface area contributed by atoms with Crippen LogP contribution in [0.15, 0.2) is 76.1 Å². The van der Waals surface area contributed by atoms with Crippen LogP contribution in [-0.4, -0.2) is 9.91 Å². The van der Waals surface area contributed by atoms with Crippen LogP contribution in [0.4, 0.5) is 5.69 Å². The summed E-state index contributed by atoms with van der Waals surface area (Å²) in [5.41, 5.74) is 3.54. The van der Waals surface area contributed by atoms with Crippen LogP contribution < -0.4 is 10.2 Å². The van der Waals surface area contributed by atoms with Crippen molar-refractivity contribution in [3.8, 4) is 5.69 Å². The van der Waals surface area contributed by atoms with E-state index in [2.05, 4.69) is 4.98 Å². The zero-order valence-electron chi connectivity index (χ0n) is 13.9. The molecule has 5 aromatic rings. The molecule has 130 valence electrons. The summed E-state index contributed by atoms with van der Waals surface area (Å²) in [5, 5.41) is 12.4. The van der Waals surface area contributed by atoms with Crippen molar-refractivity contribution in [3.63, 3.8) is 0 Å². The van der Waals surface area contributed by atoms with E-state index in [9.17, 15) is 14.9 Å². The molecular formula is C20H12N3O4+. The lowest BCUT2D eigenvalue weighted by Gasteiger charge is -2.02. The number of nitrogens with one attached hydrogen (secondary N) is 1. The molecule has 0 amide bonds. The molecule has 0 unspecified atom stereocenters. The fraction of sp³-hybridized carbons (Fsp3) is 0. The number of fused-ring (bicyclic) bond motifs is 4. The number of aromatic amines is 1. The van der Waals surface area contributed by atoms with Crippen molar-refractivity contribution in [3.05, 3.63) is 87.5 Å². The van der Waals surface area contributed by atoms with Gasteiger partial charge in [-0.15, -0.1) is 0 Å². The second kappa shape index (κ2) is 5.50. The number of nitro benzene ring substituents is 1. The van der Waals surface area contributed by atoms with E-state index in [1.54, 1.807) is 24.3 Å². The van der Waals surface area contributed by atoms with E-state index in [1.165, 1.54) is 18.4 Å². The number of para-hydroxylation sites is 1. The van der Waals surface area contributed by atoms with Gasteiger partial charge in [0, 0.05) is 30.3 Å². The Kier molecular flexibility index (Phi) is 3.11. The van der Waals surface area contributed by atoms with Gasteiger partial charge < -0.3 is 9.40 Å². The van der Waals surface area contributed by atoms with Crippen LogP contribution in [0.2, 0.25) is 0 Å². The number of nitrogens with zero attached hydrogens (tertiary/aromatic N) is 2. The van der Waals surface area contributed by atoms with Gasteiger partial charge in [0.1, 0.15) is 17.2 Å².